The van der Waals surface area contributed by atoms with Crippen molar-refractivity contribution in [2.75, 3.05) is 0 Å². The zero-order chi connectivity index (χ0) is 12.7. The van der Waals surface area contributed by atoms with Gasteiger partial charge in [-0.05, 0) is 51.4 Å². The van der Waals surface area contributed by atoms with Gasteiger partial charge < -0.3 is 0 Å². The van der Waals surface area contributed by atoms with Crippen LogP contribution in [0.15, 0.2) is 24.3 Å². The number of allylic oxidation sites excluding steroid dienone is 4. The topological polar surface area (TPSA) is 0 Å². The molecule has 0 unspecified atom stereocenters. The Labute approximate surface area is 115 Å². The highest BCUT2D eigenvalue weighted by atomic mass is 14.0. The van der Waals surface area contributed by atoms with Crippen LogP contribution in [0.5, 0.6) is 0 Å². The first-order valence-corrected chi connectivity index (χ1v) is 8.30. The molecule has 18 heavy (non-hydrogen) atoms. The number of hydrogen-bond acceptors (Lipinski definition) is 0. The van der Waals surface area contributed by atoms with E-state index in [1.54, 1.807) is 0 Å². The second-order valence-corrected chi connectivity index (χ2v) is 5.63. The van der Waals surface area contributed by atoms with Gasteiger partial charge in [0.15, 0.2) is 0 Å². The minimum Gasteiger partial charge on any atom is -0.0885 e. The molecule has 0 heteroatoms. The molecular weight excluding hydrogens is 216 g/mol. The van der Waals surface area contributed by atoms with Crippen molar-refractivity contribution in [2.45, 2.75) is 89.9 Å². The van der Waals surface area contributed by atoms with Crippen molar-refractivity contribution in [2.24, 2.45) is 0 Å². The van der Waals surface area contributed by atoms with Gasteiger partial charge in [0, 0.05) is 0 Å². The molecule has 0 N–H and O–H groups in total. The minimum absolute atomic E-state index is 1.30. The molecule has 1 aliphatic carbocycles. The van der Waals surface area contributed by atoms with Gasteiger partial charge in [0.25, 0.3) is 0 Å². The van der Waals surface area contributed by atoms with E-state index >= 15 is 0 Å². The van der Waals surface area contributed by atoms with Gasteiger partial charge in [0.2, 0.25) is 0 Å². The van der Waals surface area contributed by atoms with Crippen molar-refractivity contribution in [1.29, 1.82) is 0 Å². The molecule has 0 nitrogen and oxygen atoms in total. The Kier molecular flexibility index (Phi) is 11.2. The lowest BCUT2D eigenvalue weighted by Gasteiger charge is -2.00. The molecule has 0 bridgehead atoms. The molecule has 1 rings (SSSR count). The van der Waals surface area contributed by atoms with E-state index in [1.165, 1.54) is 89.9 Å². The summed E-state index contributed by atoms with van der Waals surface area (Å²) in [6, 6.07) is 0. The van der Waals surface area contributed by atoms with Gasteiger partial charge in [-0.15, -0.1) is 0 Å². The maximum atomic E-state index is 2.41. The molecule has 0 saturated carbocycles. The second-order valence-electron chi connectivity index (χ2n) is 5.63. The molecular formula is C18H32. The summed E-state index contributed by atoms with van der Waals surface area (Å²) in [5.74, 6) is 0. The lowest BCUT2D eigenvalue weighted by Crippen LogP contribution is -1.81. The SMILES string of the molecule is C1=C\CCCCCCCC/C=C/CCCCCC/1. The van der Waals surface area contributed by atoms with Gasteiger partial charge >= 0.3 is 0 Å². The zero-order valence-electron chi connectivity index (χ0n) is 12.2. The van der Waals surface area contributed by atoms with Crippen molar-refractivity contribution >= 4 is 0 Å². The first-order valence-electron chi connectivity index (χ1n) is 8.30. The maximum Gasteiger partial charge on any atom is -0.0351 e. The third-order valence-corrected chi connectivity index (χ3v) is 3.82. The molecule has 0 aromatic carbocycles. The lowest BCUT2D eigenvalue weighted by atomic mass is 10.1. The fourth-order valence-electron chi connectivity index (χ4n) is 2.58. The summed E-state index contributed by atoms with van der Waals surface area (Å²) in [5.41, 5.74) is 0. The maximum absolute atomic E-state index is 2.41. The van der Waals surface area contributed by atoms with Crippen molar-refractivity contribution in [3.8, 4) is 0 Å². The summed E-state index contributed by atoms with van der Waals surface area (Å²) in [6.07, 6.45) is 29.0. The Balaban J connectivity index is 2.12. The molecule has 0 atom stereocenters. The molecule has 104 valence electrons. The van der Waals surface area contributed by atoms with Crippen molar-refractivity contribution in [3.63, 3.8) is 0 Å². The molecule has 0 amide bonds. The van der Waals surface area contributed by atoms with Gasteiger partial charge in [0.1, 0.15) is 0 Å². The summed E-state index contributed by atoms with van der Waals surface area (Å²) in [5, 5.41) is 0. The zero-order valence-corrected chi connectivity index (χ0v) is 12.2. The number of rotatable bonds is 0. The fourth-order valence-corrected chi connectivity index (χ4v) is 2.58. The monoisotopic (exact) mass is 248 g/mol. The molecule has 0 aliphatic heterocycles. The predicted molar refractivity (Wildman–Crippen MR) is 82.9 cm³/mol. The molecule has 0 heterocycles. The third kappa shape index (κ3) is 10.6. The van der Waals surface area contributed by atoms with Crippen LogP contribution in [0.1, 0.15) is 89.9 Å². The molecule has 0 aromatic rings. The van der Waals surface area contributed by atoms with E-state index in [9.17, 15) is 0 Å². The molecule has 0 spiro atoms. The summed E-state index contributed by atoms with van der Waals surface area (Å²) in [4.78, 5) is 0. The van der Waals surface area contributed by atoms with Crippen LogP contribution < -0.4 is 0 Å². The van der Waals surface area contributed by atoms with Gasteiger partial charge in [0.05, 0.1) is 0 Å². The second kappa shape index (κ2) is 12.9. The summed E-state index contributed by atoms with van der Waals surface area (Å²) < 4.78 is 0. The Morgan fingerprint density at radius 1 is 0.278 bits per heavy atom. The van der Waals surface area contributed by atoms with E-state index in [4.69, 9.17) is 0 Å². The normalized spacial score (nSPS) is 25.8. The quantitative estimate of drug-likeness (QED) is 0.425. The van der Waals surface area contributed by atoms with E-state index in [0.29, 0.717) is 0 Å². The molecule has 0 radical (unpaired) electrons. The fraction of sp³-hybridized carbons (Fsp3) is 0.778. The van der Waals surface area contributed by atoms with E-state index < -0.39 is 0 Å². The van der Waals surface area contributed by atoms with Crippen LogP contribution in [0.2, 0.25) is 0 Å². The standard InChI is InChI=1S/C18H32/c1-2-4-6-8-10-12-14-16-18-17-15-13-11-9-7-5-3-1/h1-2,15,17H,3-14,16,18H2/b2-1-,17-15+. The van der Waals surface area contributed by atoms with E-state index in [0.717, 1.165) is 0 Å². The summed E-state index contributed by atoms with van der Waals surface area (Å²) in [6.45, 7) is 0. The van der Waals surface area contributed by atoms with Gasteiger partial charge in [-0.3, -0.25) is 0 Å². The van der Waals surface area contributed by atoms with Gasteiger partial charge in [-0.2, -0.15) is 0 Å². The lowest BCUT2D eigenvalue weighted by molar-refractivity contribution is 0.598. The average Bonchev–Trinajstić information content (AvgIpc) is 2.39. The van der Waals surface area contributed by atoms with E-state index in [1.807, 2.05) is 0 Å². The van der Waals surface area contributed by atoms with Crippen LogP contribution in [0.4, 0.5) is 0 Å². The Hall–Kier alpha value is -0.520. The molecule has 0 fully saturated rings. The van der Waals surface area contributed by atoms with Crippen LogP contribution in [0.3, 0.4) is 0 Å². The first kappa shape index (κ1) is 15.5. The van der Waals surface area contributed by atoms with Crippen LogP contribution in [0.25, 0.3) is 0 Å². The highest BCUT2D eigenvalue weighted by molar-refractivity contribution is 4.82. The van der Waals surface area contributed by atoms with Crippen LogP contribution in [-0.2, 0) is 0 Å². The van der Waals surface area contributed by atoms with E-state index in [2.05, 4.69) is 24.3 Å². The van der Waals surface area contributed by atoms with Gasteiger partial charge in [-0.25, -0.2) is 0 Å². The van der Waals surface area contributed by atoms with Crippen molar-refractivity contribution in [1.82, 2.24) is 0 Å². The van der Waals surface area contributed by atoms with Crippen LogP contribution >= 0.6 is 0 Å². The largest absolute Gasteiger partial charge is 0.0885 e. The summed E-state index contributed by atoms with van der Waals surface area (Å²) >= 11 is 0. The Morgan fingerprint density at radius 2 is 0.500 bits per heavy atom. The molecule has 1 aliphatic rings. The minimum atomic E-state index is 1.30. The highest BCUT2D eigenvalue weighted by Crippen LogP contribution is 2.11. The van der Waals surface area contributed by atoms with Gasteiger partial charge in [-0.1, -0.05) is 62.8 Å². The molecule has 0 aromatic heterocycles. The third-order valence-electron chi connectivity index (χ3n) is 3.82. The van der Waals surface area contributed by atoms with Crippen LogP contribution in [-0.4, -0.2) is 0 Å². The Morgan fingerprint density at radius 3 is 0.778 bits per heavy atom. The number of hydrogen-bond donors (Lipinski definition) is 0. The van der Waals surface area contributed by atoms with E-state index in [-0.39, 0.29) is 0 Å². The first-order chi connectivity index (χ1) is 9.00. The van der Waals surface area contributed by atoms with Crippen molar-refractivity contribution < 1.29 is 0 Å². The highest BCUT2D eigenvalue weighted by Gasteiger charge is 1.91. The van der Waals surface area contributed by atoms with Crippen LogP contribution in [0, 0.1) is 0 Å². The predicted octanol–water partition coefficient (Wildman–Crippen LogP) is 6.57. The average molecular weight is 248 g/mol. The molecule has 0 saturated heterocycles. The van der Waals surface area contributed by atoms with Crippen molar-refractivity contribution in [3.05, 3.63) is 24.3 Å². The summed E-state index contributed by atoms with van der Waals surface area (Å²) in [7, 11) is 0. The smallest absolute Gasteiger partial charge is 0.0351 e. The Bertz CT molecular complexity index is 188.